The fourth-order valence-electron chi connectivity index (χ4n) is 1.05. The Morgan fingerprint density at radius 3 is 2.70 bits per heavy atom. The van der Waals surface area contributed by atoms with Gasteiger partial charge >= 0.3 is 0 Å². The molecule has 1 rings (SSSR count). The van der Waals surface area contributed by atoms with E-state index in [0.717, 1.165) is 30.9 Å². The Labute approximate surface area is 60.7 Å². The molecule has 0 spiro atoms. The van der Waals surface area contributed by atoms with Crippen molar-refractivity contribution < 1.29 is 0 Å². The first-order chi connectivity index (χ1) is 4.77. The van der Waals surface area contributed by atoms with Gasteiger partial charge in [0.1, 0.15) is 0 Å². The average Bonchev–Trinajstić information content (AvgIpc) is 2.30. The van der Waals surface area contributed by atoms with Crippen molar-refractivity contribution in [3.05, 3.63) is 11.3 Å². The fourth-order valence-corrected chi connectivity index (χ4v) is 1.05. The summed E-state index contributed by atoms with van der Waals surface area (Å²) in [7, 11) is 0. The Balaban J connectivity index is 2.61. The topological polar surface area (TPSA) is 53.0 Å². The van der Waals surface area contributed by atoms with Gasteiger partial charge in [0.25, 0.3) is 0 Å². The molecule has 1 aliphatic heterocycles. The minimum atomic E-state index is 0.735. The summed E-state index contributed by atoms with van der Waals surface area (Å²) < 4.78 is 0. The lowest BCUT2D eigenvalue weighted by Gasteiger charge is -2.09. The minimum Gasteiger partial charge on any atom is -0.400 e. The first-order valence-corrected chi connectivity index (χ1v) is 3.38. The molecule has 0 aromatic heterocycles. The molecule has 1 heterocycles. The number of nitrogens with two attached hydrogens (primary N) is 1. The van der Waals surface area contributed by atoms with Gasteiger partial charge < -0.3 is 5.73 Å². The van der Waals surface area contributed by atoms with Crippen molar-refractivity contribution >= 4 is 0 Å². The van der Waals surface area contributed by atoms with E-state index in [1.807, 2.05) is 0 Å². The van der Waals surface area contributed by atoms with Crippen LogP contribution in [0, 0.1) is 11.3 Å². The van der Waals surface area contributed by atoms with Crippen LogP contribution in [0.1, 0.15) is 6.92 Å². The summed E-state index contributed by atoms with van der Waals surface area (Å²) in [6.07, 6.45) is 0. The summed E-state index contributed by atoms with van der Waals surface area (Å²) in [5, 5.41) is 8.54. The number of likely N-dealkylation sites (N-methyl/N-ethyl adjacent to an activating group) is 1. The van der Waals surface area contributed by atoms with Crippen LogP contribution in [-0.4, -0.2) is 24.5 Å². The van der Waals surface area contributed by atoms with E-state index in [9.17, 15) is 0 Å². The van der Waals surface area contributed by atoms with Gasteiger partial charge in [-0.2, -0.15) is 5.26 Å². The first kappa shape index (κ1) is 7.10. The predicted molar refractivity (Wildman–Crippen MR) is 38.9 cm³/mol. The molecule has 0 radical (unpaired) electrons. The molecule has 0 aliphatic carbocycles. The van der Waals surface area contributed by atoms with Crippen molar-refractivity contribution in [1.82, 2.24) is 4.90 Å². The van der Waals surface area contributed by atoms with Gasteiger partial charge in [-0.1, -0.05) is 6.92 Å². The molecule has 0 amide bonds. The first-order valence-electron chi connectivity index (χ1n) is 3.38. The Bertz CT molecular complexity index is 199. The molecule has 0 unspecified atom stereocenters. The van der Waals surface area contributed by atoms with Crippen molar-refractivity contribution in [2.75, 3.05) is 19.6 Å². The highest BCUT2D eigenvalue weighted by molar-refractivity contribution is 5.32. The third-order valence-corrected chi connectivity index (χ3v) is 1.75. The second-order valence-electron chi connectivity index (χ2n) is 2.42. The molecule has 10 heavy (non-hydrogen) atoms. The highest BCUT2D eigenvalue weighted by Gasteiger charge is 2.17. The number of nitriles is 1. The SMILES string of the molecule is CCN1CC(N)=C(C#N)C1. The number of nitrogens with zero attached hydrogens (tertiary/aromatic N) is 2. The normalized spacial score (nSPS) is 19.6. The molecule has 0 saturated heterocycles. The number of hydrogen-bond donors (Lipinski definition) is 1. The third-order valence-electron chi connectivity index (χ3n) is 1.75. The van der Waals surface area contributed by atoms with Crippen LogP contribution in [-0.2, 0) is 0 Å². The summed E-state index contributed by atoms with van der Waals surface area (Å²) in [5.74, 6) is 0. The van der Waals surface area contributed by atoms with Crippen LogP contribution in [0.3, 0.4) is 0 Å². The van der Waals surface area contributed by atoms with Gasteiger partial charge in [-0.05, 0) is 6.54 Å². The van der Waals surface area contributed by atoms with Gasteiger partial charge in [0.05, 0.1) is 11.6 Å². The van der Waals surface area contributed by atoms with Gasteiger partial charge in [-0.25, -0.2) is 0 Å². The van der Waals surface area contributed by atoms with E-state index in [1.165, 1.54) is 0 Å². The summed E-state index contributed by atoms with van der Waals surface area (Å²) in [6, 6.07) is 2.09. The minimum absolute atomic E-state index is 0.735. The zero-order valence-corrected chi connectivity index (χ0v) is 6.09. The van der Waals surface area contributed by atoms with E-state index >= 15 is 0 Å². The predicted octanol–water partition coefficient (Wildman–Crippen LogP) is 0.0583. The van der Waals surface area contributed by atoms with Gasteiger partial charge in [-0.15, -0.1) is 0 Å². The molecule has 0 fully saturated rings. The van der Waals surface area contributed by atoms with Crippen molar-refractivity contribution in [2.45, 2.75) is 6.92 Å². The Morgan fingerprint density at radius 2 is 2.40 bits per heavy atom. The molecule has 3 nitrogen and oxygen atoms in total. The van der Waals surface area contributed by atoms with Gasteiger partial charge in [0.2, 0.25) is 0 Å². The molecule has 1 aliphatic rings. The Hall–Kier alpha value is -1.01. The molecule has 0 aromatic rings. The van der Waals surface area contributed by atoms with Crippen LogP contribution in [0.25, 0.3) is 0 Å². The second kappa shape index (κ2) is 2.72. The molecular formula is C7H11N3. The van der Waals surface area contributed by atoms with Gasteiger partial charge in [0, 0.05) is 18.8 Å². The highest BCUT2D eigenvalue weighted by atomic mass is 15.1. The quantitative estimate of drug-likeness (QED) is 0.556. The number of hydrogen-bond acceptors (Lipinski definition) is 3. The van der Waals surface area contributed by atoms with Crippen LogP contribution in [0.2, 0.25) is 0 Å². The second-order valence-corrected chi connectivity index (χ2v) is 2.42. The zero-order chi connectivity index (χ0) is 7.56. The smallest absolute Gasteiger partial charge is 0.0979 e. The van der Waals surface area contributed by atoms with Crippen LogP contribution in [0.4, 0.5) is 0 Å². The highest BCUT2D eigenvalue weighted by Crippen LogP contribution is 2.10. The largest absolute Gasteiger partial charge is 0.400 e. The van der Waals surface area contributed by atoms with Crippen LogP contribution in [0.15, 0.2) is 11.3 Å². The van der Waals surface area contributed by atoms with Crippen molar-refractivity contribution in [3.63, 3.8) is 0 Å². The maximum atomic E-state index is 8.54. The van der Waals surface area contributed by atoms with Gasteiger partial charge in [-0.3, -0.25) is 4.90 Å². The molecule has 0 saturated carbocycles. The van der Waals surface area contributed by atoms with Gasteiger partial charge in [0.15, 0.2) is 0 Å². The van der Waals surface area contributed by atoms with Crippen molar-refractivity contribution in [3.8, 4) is 6.07 Å². The third kappa shape index (κ3) is 1.12. The monoisotopic (exact) mass is 137 g/mol. The average molecular weight is 137 g/mol. The molecule has 3 heteroatoms. The lowest BCUT2D eigenvalue weighted by Crippen LogP contribution is -2.21. The molecule has 0 atom stereocenters. The van der Waals surface area contributed by atoms with E-state index in [-0.39, 0.29) is 0 Å². The fraction of sp³-hybridized carbons (Fsp3) is 0.571. The van der Waals surface area contributed by atoms with E-state index in [0.29, 0.717) is 0 Å². The molecule has 0 bridgehead atoms. The lowest BCUT2D eigenvalue weighted by atomic mass is 10.3. The standard InChI is InChI=1S/C7H11N3/c1-2-10-4-6(3-8)7(9)5-10/h2,4-5,9H2,1H3. The zero-order valence-electron chi connectivity index (χ0n) is 6.09. The lowest BCUT2D eigenvalue weighted by molar-refractivity contribution is 0.366. The molecule has 0 aromatic carbocycles. The summed E-state index contributed by atoms with van der Waals surface area (Å²) in [5.41, 5.74) is 7.05. The van der Waals surface area contributed by atoms with Crippen molar-refractivity contribution in [1.29, 1.82) is 5.26 Å². The van der Waals surface area contributed by atoms with Crippen molar-refractivity contribution in [2.24, 2.45) is 5.73 Å². The molecule has 2 N–H and O–H groups in total. The summed E-state index contributed by atoms with van der Waals surface area (Å²) >= 11 is 0. The van der Waals surface area contributed by atoms with E-state index in [2.05, 4.69) is 17.9 Å². The molecule has 54 valence electrons. The Kier molecular flexibility index (Phi) is 1.93. The Morgan fingerprint density at radius 1 is 1.70 bits per heavy atom. The van der Waals surface area contributed by atoms with E-state index in [1.54, 1.807) is 0 Å². The van der Waals surface area contributed by atoms with E-state index in [4.69, 9.17) is 11.0 Å². The van der Waals surface area contributed by atoms with Crippen LogP contribution < -0.4 is 5.73 Å². The van der Waals surface area contributed by atoms with E-state index < -0.39 is 0 Å². The number of rotatable bonds is 1. The summed E-state index contributed by atoms with van der Waals surface area (Å²) in [6.45, 7) is 4.53. The van der Waals surface area contributed by atoms with Crippen LogP contribution >= 0.6 is 0 Å². The molecular weight excluding hydrogens is 126 g/mol. The summed E-state index contributed by atoms with van der Waals surface area (Å²) in [4.78, 5) is 2.13. The maximum Gasteiger partial charge on any atom is 0.0979 e. The maximum absolute atomic E-state index is 8.54. The van der Waals surface area contributed by atoms with Crippen LogP contribution in [0.5, 0.6) is 0 Å².